The Balaban J connectivity index is 0.00000132. The number of Topliss-reactive ketones (excluding diaryl/α,β-unsaturated/α-hetero) is 1. The summed E-state index contributed by atoms with van der Waals surface area (Å²) in [5, 5.41) is 64.9. The molecule has 9 rings (SSSR count). The number of nitrogen functional groups attached to an aromatic ring is 1. The number of benzene rings is 6. The Morgan fingerprint density at radius 2 is 0.953 bits per heavy atom. The van der Waals surface area contributed by atoms with Gasteiger partial charge in [-0.15, -0.1) is 12.4 Å². The highest BCUT2D eigenvalue weighted by Gasteiger charge is 2.12. The molecule has 0 unspecified atom stereocenters. The van der Waals surface area contributed by atoms with Gasteiger partial charge in [-0.25, -0.2) is 24.9 Å². The molecular weight excluding hydrogens is 1400 g/mol. The average molecular weight is 1490 g/mol. The molecule has 107 heavy (non-hydrogen) atoms. The van der Waals surface area contributed by atoms with Crippen molar-refractivity contribution in [3.05, 3.63) is 240 Å². The van der Waals surface area contributed by atoms with Crippen LogP contribution in [0.5, 0.6) is 0 Å². The predicted octanol–water partition coefficient (Wildman–Crippen LogP) is 13.1. The molecular formula is C76H82BCl2N20O8. The van der Waals surface area contributed by atoms with Gasteiger partial charge in [0, 0.05) is 91.0 Å². The standard InChI is InChI=1S/C24H22N6O.C13H11ClN4O.C13H12N4O2.C11H12N2.C8H8N4.C6H10O4.CH4.B.ClH.H2/c1-16-11-19(5-4-10-25)12-17(2)23(16)29-22-13-21(15-31-3)28-24(30-22)27-20-8-6-18(14-26)7-9-20;1-19-8-11-6-12(14)18-13(17-11)16-10-4-2-9(7-15)3-5-10;1-19-8-11-6-12(18)17-13(16-11)15-10-4-2-9(7-14)3-5-10;1-8-6-10(4-3-5-12)7-9(2)11(8)13;9-5-6-1-3-7(4-2-6)12-8(10)11;1-9-4-5(7)3-6(8)10-2;;;;/h4-9,11-13H,15H2,1-3H3,(H2,27,28,29,30);2-6H,8H2,1H3,(H,16,17,18);2-6H,8H2,1H3,(H2,15,16,17,18);3-4,6-7H,13H2,1-2H3;1-4H,(H4,10,11,12);3-4H2,1-2H3;1H4;;2*1H/b5-4+;;;4-3+;;;;;;/i;;;;;;;;;1+1. The number of nitrogens with two attached hydrogens (primary N) is 3. The SMILES string of the molecule is C.COCC(=O)CC(=O)OC.COCc1cc(=O)[nH]c(Nc2ccc(C#N)cc2)n1.COCc1cc(Cl)nc(Nc2ccc(C#N)cc2)n1.COCc1cc(Nc2c(C)cc(/C=C/C#N)cc2C)nc(Nc2ccc(C#N)cc2)n1.Cc1cc(/C=C/C#N)cc(C)c1N.Cl.N#Cc1ccc(N=C(N)N)cc1.[2HH].[B]. The van der Waals surface area contributed by atoms with Crippen LogP contribution in [0.3, 0.4) is 0 Å². The summed E-state index contributed by atoms with van der Waals surface area (Å²) in [5.41, 5.74) is 31.0. The molecule has 551 valence electrons. The summed E-state index contributed by atoms with van der Waals surface area (Å²) in [6.45, 7) is 8.89. The minimum Gasteiger partial charge on any atom is -0.469 e. The van der Waals surface area contributed by atoms with Crippen molar-refractivity contribution in [3.63, 3.8) is 0 Å². The summed E-state index contributed by atoms with van der Waals surface area (Å²) in [4.78, 5) is 60.5. The highest BCUT2D eigenvalue weighted by atomic mass is 35.5. The molecule has 31 heteroatoms. The number of nitriles is 6. The summed E-state index contributed by atoms with van der Waals surface area (Å²) in [7, 11) is 7.38. The first-order chi connectivity index (χ1) is 50.0. The van der Waals surface area contributed by atoms with Gasteiger partial charge in [0.05, 0.1) is 108 Å². The second-order valence-corrected chi connectivity index (χ2v) is 21.9. The van der Waals surface area contributed by atoms with Crippen LogP contribution in [0.2, 0.25) is 5.15 Å². The molecule has 0 bridgehead atoms. The Morgan fingerprint density at radius 3 is 1.36 bits per heavy atom. The second-order valence-electron chi connectivity index (χ2n) is 21.5. The van der Waals surface area contributed by atoms with Crippen LogP contribution in [-0.4, -0.2) is 98.2 Å². The molecule has 9 aromatic rings. The van der Waals surface area contributed by atoms with Crippen molar-refractivity contribution >= 4 is 120 Å². The van der Waals surface area contributed by atoms with E-state index >= 15 is 0 Å². The largest absolute Gasteiger partial charge is 0.469 e. The maximum absolute atomic E-state index is 11.4. The number of halogens is 2. The number of carbonyl (C=O) groups is 2. The van der Waals surface area contributed by atoms with E-state index in [0.717, 1.165) is 67.5 Å². The Labute approximate surface area is 636 Å². The van der Waals surface area contributed by atoms with Crippen LogP contribution in [0.15, 0.2) is 161 Å². The molecule has 6 aromatic carbocycles. The topological polar surface area (TPSA) is 459 Å². The lowest BCUT2D eigenvalue weighted by Crippen LogP contribution is -2.21. The molecule has 0 saturated heterocycles. The first-order valence-electron chi connectivity index (χ1n) is 30.9. The minimum absolute atomic E-state index is 0. The molecule has 0 aliphatic rings. The van der Waals surface area contributed by atoms with E-state index in [2.05, 4.69) is 77.8 Å². The number of H-pyrrole nitrogens is 1. The van der Waals surface area contributed by atoms with Crippen molar-refractivity contribution < 1.29 is 34.7 Å². The fourth-order valence-corrected chi connectivity index (χ4v) is 8.85. The van der Waals surface area contributed by atoms with Crippen molar-refractivity contribution in [2.45, 2.75) is 61.4 Å². The van der Waals surface area contributed by atoms with Crippen molar-refractivity contribution in [1.29, 1.82) is 31.6 Å². The molecule has 0 saturated carbocycles. The number of methoxy groups -OCH3 is 5. The van der Waals surface area contributed by atoms with E-state index in [4.69, 9.17) is 74.6 Å². The van der Waals surface area contributed by atoms with Gasteiger partial charge < -0.3 is 62.2 Å². The first-order valence-corrected chi connectivity index (χ1v) is 31.2. The number of hydrogen-bond acceptors (Lipinski definition) is 25. The quantitative estimate of drug-likeness (QED) is 0.00484. The van der Waals surface area contributed by atoms with Gasteiger partial charge in [-0.2, -0.15) is 36.6 Å². The highest BCUT2D eigenvalue weighted by Crippen LogP contribution is 2.28. The molecule has 0 atom stereocenters. The van der Waals surface area contributed by atoms with Gasteiger partial charge in [0.2, 0.25) is 17.8 Å². The van der Waals surface area contributed by atoms with E-state index < -0.39 is 5.97 Å². The maximum Gasteiger partial charge on any atom is 0.313 e. The highest BCUT2D eigenvalue weighted by molar-refractivity contribution is 6.29. The van der Waals surface area contributed by atoms with Gasteiger partial charge in [0.1, 0.15) is 24.0 Å². The summed E-state index contributed by atoms with van der Waals surface area (Å²) in [6.07, 6.45) is 6.28. The van der Waals surface area contributed by atoms with Crippen molar-refractivity contribution in [2.75, 3.05) is 69.2 Å². The Bertz CT molecular complexity index is 4730. The van der Waals surface area contributed by atoms with Crippen LogP contribution in [0.1, 0.15) is 88.0 Å². The Morgan fingerprint density at radius 1 is 0.551 bits per heavy atom. The number of nitrogens with zero attached hydrogens (tertiary/aromatic N) is 12. The van der Waals surface area contributed by atoms with Gasteiger partial charge in [0.25, 0.3) is 5.56 Å². The fraction of sp³-hybridized carbons (Fsp3) is 0.197. The molecule has 3 aromatic heterocycles. The van der Waals surface area contributed by atoms with E-state index in [9.17, 15) is 14.4 Å². The molecule has 11 N–H and O–H groups in total. The molecule has 0 aliphatic heterocycles. The number of rotatable bonds is 21. The number of allylic oxidation sites excluding steroid dienone is 2. The monoisotopic (exact) mass is 1480 g/mol. The third-order valence-electron chi connectivity index (χ3n) is 13.3. The molecule has 0 fully saturated rings. The van der Waals surface area contributed by atoms with Crippen molar-refractivity contribution in [3.8, 4) is 36.4 Å². The predicted molar refractivity (Wildman–Crippen MR) is 420 cm³/mol. The third-order valence-corrected chi connectivity index (χ3v) is 13.5. The number of esters is 1. The zero-order chi connectivity index (χ0) is 76.3. The number of ether oxygens (including phenoxy) is 5. The molecule has 3 radical (unpaired) electrons. The summed E-state index contributed by atoms with van der Waals surface area (Å²) < 4.78 is 23.9. The summed E-state index contributed by atoms with van der Waals surface area (Å²) in [5.74, 6) is 1.000. The number of aromatic nitrogens is 6. The van der Waals surface area contributed by atoms with Crippen LogP contribution in [0.25, 0.3) is 12.2 Å². The molecule has 0 amide bonds. The molecule has 28 nitrogen and oxygen atoms in total. The van der Waals surface area contributed by atoms with E-state index in [1.807, 2.05) is 82.3 Å². The zero-order valence-electron chi connectivity index (χ0n) is 59.4. The molecule has 3 heterocycles. The van der Waals surface area contributed by atoms with Gasteiger partial charge in [-0.1, -0.05) is 19.0 Å². The number of anilines is 9. The van der Waals surface area contributed by atoms with Crippen molar-refractivity contribution in [1.82, 2.24) is 29.9 Å². The summed E-state index contributed by atoms with van der Waals surface area (Å²) in [6, 6.07) is 52.5. The molecule has 0 aliphatic carbocycles. The third kappa shape index (κ3) is 34.5. The number of aliphatic imine (C=N–C) groups is 1. The fourth-order valence-electron chi connectivity index (χ4n) is 8.64. The van der Waals surface area contributed by atoms with Crippen LogP contribution in [-0.2, 0) is 53.1 Å². The maximum atomic E-state index is 11.4. The van der Waals surface area contributed by atoms with Crippen LogP contribution in [0, 0.1) is 95.7 Å². The Kier molecular flexibility index (Phi) is 42.9. The normalized spacial score (nSPS) is 9.61. The number of aromatic amines is 1. The van der Waals surface area contributed by atoms with E-state index in [0.29, 0.717) is 81.4 Å². The first kappa shape index (κ1) is 91.7. The lowest BCUT2D eigenvalue weighted by molar-refractivity contribution is -0.144. The van der Waals surface area contributed by atoms with Crippen LogP contribution >= 0.6 is 24.0 Å². The molecule has 0 spiro atoms. The Hall–Kier alpha value is -13.3. The zero-order valence-corrected chi connectivity index (χ0v) is 60.9. The van der Waals surface area contributed by atoms with Crippen LogP contribution < -0.4 is 44.0 Å². The average Bonchev–Trinajstić information content (AvgIpc) is 0.825. The number of nitrogens with one attached hydrogen (secondary N) is 5. The van der Waals surface area contributed by atoms with Gasteiger partial charge >= 0.3 is 5.97 Å². The smallest absolute Gasteiger partial charge is 0.313 e. The number of hydrogen-bond donors (Lipinski definition) is 8. The number of carbonyl (C=O) groups excluding carboxylic acids is 2. The van der Waals surface area contributed by atoms with Gasteiger partial charge in [-0.3, -0.25) is 19.4 Å². The number of guanidine groups is 1. The summed E-state index contributed by atoms with van der Waals surface area (Å²) >= 11 is 5.91. The van der Waals surface area contributed by atoms with Crippen molar-refractivity contribution in [2.24, 2.45) is 16.5 Å². The van der Waals surface area contributed by atoms with E-state index in [1.165, 1.54) is 39.5 Å². The van der Waals surface area contributed by atoms with E-state index in [-0.39, 0.29) is 66.6 Å². The van der Waals surface area contributed by atoms with Crippen LogP contribution in [0.4, 0.5) is 57.8 Å². The number of aryl methyl sites for hydroxylation is 4. The lowest BCUT2D eigenvalue weighted by atomic mass is 10.0. The second kappa shape index (κ2) is 50.1. The lowest BCUT2D eigenvalue weighted by Gasteiger charge is -2.15. The number of ketones is 1. The minimum atomic E-state index is -0.526. The van der Waals surface area contributed by atoms with Gasteiger partial charge in [-0.05, 0) is 201 Å². The van der Waals surface area contributed by atoms with E-state index in [1.54, 1.807) is 129 Å². The van der Waals surface area contributed by atoms with Gasteiger partial charge in [0.15, 0.2) is 11.7 Å².